The summed E-state index contributed by atoms with van der Waals surface area (Å²) in [6, 6.07) is 6.15. The summed E-state index contributed by atoms with van der Waals surface area (Å²) in [5, 5.41) is 0. The smallest absolute Gasteiger partial charge is 0.165 e. The molecule has 1 aliphatic carbocycles. The largest absolute Gasteiger partial charge is 0.493 e. The van der Waals surface area contributed by atoms with Gasteiger partial charge >= 0.3 is 0 Å². The highest BCUT2D eigenvalue weighted by Crippen LogP contribution is 2.46. The minimum Gasteiger partial charge on any atom is -0.493 e. The number of nitrogens with zero attached hydrogens (tertiary/aromatic N) is 1. The van der Waals surface area contributed by atoms with Crippen LogP contribution in [0.5, 0.6) is 11.5 Å². The van der Waals surface area contributed by atoms with Crippen LogP contribution in [0.3, 0.4) is 0 Å². The molecule has 4 nitrogen and oxygen atoms in total. The third-order valence-corrected chi connectivity index (χ3v) is 5.67. The number of methoxy groups -OCH3 is 3. The van der Waals surface area contributed by atoms with Crippen LogP contribution in [0.4, 0.5) is 0 Å². The topological polar surface area (TPSA) is 30.9 Å². The maximum atomic E-state index is 5.81. The van der Waals surface area contributed by atoms with E-state index in [1.165, 1.54) is 37.7 Å². The van der Waals surface area contributed by atoms with Crippen molar-refractivity contribution in [3.8, 4) is 11.5 Å². The van der Waals surface area contributed by atoms with Gasteiger partial charge in [-0.1, -0.05) is 18.6 Å². The molecule has 2 fully saturated rings. The second-order valence-corrected chi connectivity index (χ2v) is 6.95. The molecule has 3 rings (SSSR count). The maximum Gasteiger partial charge on any atom is 0.165 e. The van der Waals surface area contributed by atoms with Gasteiger partial charge in [0.05, 0.1) is 20.3 Å². The number of ether oxygens (including phenoxy) is 3. The Morgan fingerprint density at radius 2 is 1.96 bits per heavy atom. The van der Waals surface area contributed by atoms with E-state index in [4.69, 9.17) is 14.2 Å². The van der Waals surface area contributed by atoms with E-state index in [9.17, 15) is 0 Å². The van der Waals surface area contributed by atoms with Crippen LogP contribution in [-0.4, -0.2) is 45.4 Å². The average molecular weight is 319 g/mol. The van der Waals surface area contributed by atoms with E-state index in [0.717, 1.165) is 31.1 Å². The van der Waals surface area contributed by atoms with Crippen molar-refractivity contribution in [1.29, 1.82) is 0 Å². The monoisotopic (exact) mass is 319 g/mol. The summed E-state index contributed by atoms with van der Waals surface area (Å²) in [6.07, 6.45) is 6.81. The van der Waals surface area contributed by atoms with E-state index in [-0.39, 0.29) is 0 Å². The van der Waals surface area contributed by atoms with Crippen molar-refractivity contribution in [2.24, 2.45) is 5.41 Å². The molecule has 0 aromatic heterocycles. The quantitative estimate of drug-likeness (QED) is 0.831. The second-order valence-electron chi connectivity index (χ2n) is 6.95. The van der Waals surface area contributed by atoms with Crippen LogP contribution < -0.4 is 9.47 Å². The van der Waals surface area contributed by atoms with Crippen LogP contribution in [0.1, 0.15) is 37.7 Å². The van der Waals surface area contributed by atoms with Crippen LogP contribution in [0.25, 0.3) is 0 Å². The van der Waals surface area contributed by atoms with E-state index < -0.39 is 0 Å². The first-order chi connectivity index (χ1) is 11.2. The number of hydrogen-bond acceptors (Lipinski definition) is 4. The normalized spacial score (nSPS) is 28.2. The van der Waals surface area contributed by atoms with E-state index in [0.29, 0.717) is 11.5 Å². The van der Waals surface area contributed by atoms with Gasteiger partial charge in [0.1, 0.15) is 0 Å². The highest BCUT2D eigenvalue weighted by molar-refractivity contribution is 5.46. The van der Waals surface area contributed by atoms with Crippen molar-refractivity contribution < 1.29 is 14.2 Å². The molecule has 0 amide bonds. The number of para-hydroxylation sites is 1. The molecule has 0 radical (unpaired) electrons. The van der Waals surface area contributed by atoms with Gasteiger partial charge in [-0.25, -0.2) is 0 Å². The standard InChI is InChI=1S/C19H29NO3/c1-21-16-8-4-7-15(18(16)23-3)13-20-12-6-11-19(14-20)10-5-9-17(19)22-2/h4,7-8,17H,5-6,9-14H2,1-3H3/t17-,19+/m1/s1. The number of rotatable bonds is 5. The van der Waals surface area contributed by atoms with Crippen LogP contribution >= 0.6 is 0 Å². The van der Waals surface area contributed by atoms with Gasteiger partial charge < -0.3 is 14.2 Å². The molecule has 1 aromatic rings. The van der Waals surface area contributed by atoms with Crippen LogP contribution in [-0.2, 0) is 11.3 Å². The number of benzene rings is 1. The van der Waals surface area contributed by atoms with E-state index in [2.05, 4.69) is 11.0 Å². The van der Waals surface area contributed by atoms with Gasteiger partial charge in [-0.05, 0) is 38.3 Å². The zero-order valence-electron chi connectivity index (χ0n) is 14.6. The molecular weight excluding hydrogens is 290 g/mol. The van der Waals surface area contributed by atoms with Crippen LogP contribution in [0, 0.1) is 5.41 Å². The Morgan fingerprint density at radius 3 is 2.70 bits per heavy atom. The fourth-order valence-electron chi connectivity index (χ4n) is 4.65. The predicted molar refractivity (Wildman–Crippen MR) is 91.1 cm³/mol. The van der Waals surface area contributed by atoms with Crippen molar-refractivity contribution in [3.63, 3.8) is 0 Å². The average Bonchev–Trinajstić information content (AvgIpc) is 2.96. The van der Waals surface area contributed by atoms with Gasteiger partial charge in [0, 0.05) is 31.2 Å². The van der Waals surface area contributed by atoms with Gasteiger partial charge in [-0.2, -0.15) is 0 Å². The molecule has 2 aliphatic rings. The van der Waals surface area contributed by atoms with E-state index in [1.54, 1.807) is 14.2 Å². The Kier molecular flexibility index (Phi) is 5.12. The summed E-state index contributed by atoms with van der Waals surface area (Å²) in [5.74, 6) is 1.68. The molecule has 1 saturated carbocycles. The number of piperidine rings is 1. The SMILES string of the molecule is COc1cccc(CN2CCC[C@@]3(CCC[C@H]3OC)C2)c1OC. The van der Waals surface area contributed by atoms with Crippen molar-refractivity contribution >= 4 is 0 Å². The highest BCUT2D eigenvalue weighted by atomic mass is 16.5. The van der Waals surface area contributed by atoms with Gasteiger partial charge in [0.2, 0.25) is 0 Å². The second kappa shape index (κ2) is 7.10. The number of likely N-dealkylation sites (tertiary alicyclic amines) is 1. The molecule has 1 aliphatic heterocycles. The first-order valence-electron chi connectivity index (χ1n) is 8.67. The maximum absolute atomic E-state index is 5.81. The first-order valence-corrected chi connectivity index (χ1v) is 8.67. The lowest BCUT2D eigenvalue weighted by atomic mass is 9.76. The molecule has 0 N–H and O–H groups in total. The zero-order valence-corrected chi connectivity index (χ0v) is 14.6. The van der Waals surface area contributed by atoms with E-state index >= 15 is 0 Å². The molecule has 1 heterocycles. The Hall–Kier alpha value is -1.26. The van der Waals surface area contributed by atoms with Crippen LogP contribution in [0.15, 0.2) is 18.2 Å². The fraction of sp³-hybridized carbons (Fsp3) is 0.684. The molecule has 1 spiro atoms. The summed E-state index contributed by atoms with van der Waals surface area (Å²) < 4.78 is 16.8. The molecule has 0 unspecified atom stereocenters. The number of hydrogen-bond donors (Lipinski definition) is 0. The zero-order chi connectivity index (χ0) is 16.3. The third kappa shape index (κ3) is 3.20. The Morgan fingerprint density at radius 1 is 1.13 bits per heavy atom. The molecule has 4 heteroatoms. The van der Waals surface area contributed by atoms with Gasteiger partial charge in [0.15, 0.2) is 11.5 Å². The van der Waals surface area contributed by atoms with Gasteiger partial charge in [0.25, 0.3) is 0 Å². The molecule has 23 heavy (non-hydrogen) atoms. The summed E-state index contributed by atoms with van der Waals surface area (Å²) in [7, 11) is 5.29. The van der Waals surface area contributed by atoms with Crippen molar-refractivity contribution in [2.45, 2.75) is 44.8 Å². The predicted octanol–water partition coefficient (Wildman–Crippen LogP) is 3.48. The molecule has 2 atom stereocenters. The Balaban J connectivity index is 1.76. The van der Waals surface area contributed by atoms with Gasteiger partial charge in [-0.3, -0.25) is 4.90 Å². The van der Waals surface area contributed by atoms with Crippen molar-refractivity contribution in [2.75, 3.05) is 34.4 Å². The lowest BCUT2D eigenvalue weighted by molar-refractivity contribution is -0.0367. The van der Waals surface area contributed by atoms with Crippen molar-refractivity contribution in [1.82, 2.24) is 4.90 Å². The third-order valence-electron chi connectivity index (χ3n) is 5.67. The lowest BCUT2D eigenvalue weighted by Crippen LogP contribution is -2.47. The summed E-state index contributed by atoms with van der Waals surface area (Å²) >= 11 is 0. The molecule has 0 bridgehead atoms. The summed E-state index contributed by atoms with van der Waals surface area (Å²) in [6.45, 7) is 3.20. The molecule has 1 aromatic carbocycles. The van der Waals surface area contributed by atoms with E-state index in [1.807, 2.05) is 19.2 Å². The van der Waals surface area contributed by atoms with Crippen molar-refractivity contribution in [3.05, 3.63) is 23.8 Å². The Labute approximate surface area is 139 Å². The minimum absolute atomic E-state index is 0.360. The summed E-state index contributed by atoms with van der Waals surface area (Å²) in [5.41, 5.74) is 1.56. The molecule has 128 valence electrons. The minimum atomic E-state index is 0.360. The molecule has 1 saturated heterocycles. The van der Waals surface area contributed by atoms with Gasteiger partial charge in [-0.15, -0.1) is 0 Å². The fourth-order valence-corrected chi connectivity index (χ4v) is 4.65. The summed E-state index contributed by atoms with van der Waals surface area (Å²) in [4.78, 5) is 2.57. The first kappa shape index (κ1) is 16.6. The Bertz CT molecular complexity index is 533. The van der Waals surface area contributed by atoms with Crippen LogP contribution in [0.2, 0.25) is 0 Å². The molecular formula is C19H29NO3. The lowest BCUT2D eigenvalue weighted by Gasteiger charge is -2.43. The highest BCUT2D eigenvalue weighted by Gasteiger charge is 2.45.